The summed E-state index contributed by atoms with van der Waals surface area (Å²) in [7, 11) is 1.69. The maximum atomic E-state index is 12.4. The van der Waals surface area contributed by atoms with Crippen molar-refractivity contribution < 1.29 is 24.1 Å². The normalized spacial score (nSPS) is 16.1. The molecule has 1 unspecified atom stereocenters. The number of amides is 5. The number of hydrogen-bond donors (Lipinski definition) is 2. The molecule has 1 saturated heterocycles. The summed E-state index contributed by atoms with van der Waals surface area (Å²) in [6, 6.07) is 3.21. The molecule has 136 valence electrons. The van der Waals surface area contributed by atoms with E-state index >= 15 is 0 Å². The van der Waals surface area contributed by atoms with Crippen molar-refractivity contribution in [3.05, 3.63) is 22.4 Å². The number of likely N-dealkylation sites (N-methyl/N-ethyl adjacent to an activating group) is 1. The number of urea groups is 1. The van der Waals surface area contributed by atoms with Crippen LogP contribution in [0.1, 0.15) is 18.7 Å². The molecular formula is C16H23N4O4S+. The Kier molecular flexibility index (Phi) is 6.27. The lowest BCUT2D eigenvalue weighted by molar-refractivity contribution is -0.879. The first-order chi connectivity index (χ1) is 11.8. The van der Waals surface area contributed by atoms with Crippen molar-refractivity contribution in [1.82, 2.24) is 15.1 Å². The first-order valence-corrected chi connectivity index (χ1v) is 8.98. The number of nitrogens with one attached hydrogen (secondary N) is 2. The summed E-state index contributed by atoms with van der Waals surface area (Å²) in [5.74, 6) is -1.81. The molecule has 1 fully saturated rings. The van der Waals surface area contributed by atoms with Gasteiger partial charge in [0.05, 0.1) is 7.05 Å². The number of thiophene rings is 1. The van der Waals surface area contributed by atoms with Crippen LogP contribution < -0.4 is 10.2 Å². The van der Waals surface area contributed by atoms with Gasteiger partial charge in [-0.3, -0.25) is 19.3 Å². The van der Waals surface area contributed by atoms with E-state index < -0.39 is 17.8 Å². The fourth-order valence-corrected chi connectivity index (χ4v) is 3.23. The Hall–Kier alpha value is -2.26. The van der Waals surface area contributed by atoms with Crippen LogP contribution in [0.2, 0.25) is 0 Å². The monoisotopic (exact) mass is 367 g/mol. The number of nitrogens with zero attached hydrogens (tertiary/aromatic N) is 2. The molecule has 5 amide bonds. The molecular weight excluding hydrogens is 344 g/mol. The third kappa shape index (κ3) is 4.86. The Morgan fingerprint density at radius 2 is 1.92 bits per heavy atom. The number of quaternary nitrogens is 1. The van der Waals surface area contributed by atoms with E-state index in [0.717, 1.165) is 14.7 Å². The SMILES string of the molecule is CC(C)NC(=O)C[NH+](C)CN1C(=O)C(=O)N(CCc2cccs2)C1=O. The second-order valence-electron chi connectivity index (χ2n) is 6.32. The van der Waals surface area contributed by atoms with E-state index in [1.54, 1.807) is 7.05 Å². The summed E-state index contributed by atoms with van der Waals surface area (Å²) < 4.78 is 0. The van der Waals surface area contributed by atoms with Gasteiger partial charge in [-0.2, -0.15) is 0 Å². The summed E-state index contributed by atoms with van der Waals surface area (Å²) in [5.41, 5.74) is 0. The molecule has 2 heterocycles. The van der Waals surface area contributed by atoms with Crippen molar-refractivity contribution in [3.63, 3.8) is 0 Å². The first kappa shape index (κ1) is 19.1. The van der Waals surface area contributed by atoms with Crippen LogP contribution in [0.4, 0.5) is 4.79 Å². The molecule has 2 N–H and O–H groups in total. The molecule has 8 nitrogen and oxygen atoms in total. The molecule has 0 radical (unpaired) electrons. The number of carbonyl (C=O) groups is 4. The maximum Gasteiger partial charge on any atom is 0.338 e. The van der Waals surface area contributed by atoms with Gasteiger partial charge in [0.1, 0.15) is 0 Å². The van der Waals surface area contributed by atoms with Gasteiger partial charge in [0.2, 0.25) is 0 Å². The average Bonchev–Trinajstić information content (AvgIpc) is 3.09. The van der Waals surface area contributed by atoms with E-state index in [1.807, 2.05) is 31.4 Å². The van der Waals surface area contributed by atoms with Crippen LogP contribution in [0.15, 0.2) is 17.5 Å². The van der Waals surface area contributed by atoms with Crippen molar-refractivity contribution in [2.75, 3.05) is 26.8 Å². The van der Waals surface area contributed by atoms with Gasteiger partial charge in [-0.15, -0.1) is 11.3 Å². The summed E-state index contributed by atoms with van der Waals surface area (Å²) >= 11 is 1.54. The molecule has 1 aliphatic heterocycles. The van der Waals surface area contributed by atoms with Gasteiger partial charge in [0.25, 0.3) is 5.91 Å². The molecule has 1 aromatic rings. The smallest absolute Gasteiger partial charge is 0.338 e. The predicted octanol–water partition coefficient (Wildman–Crippen LogP) is -0.922. The van der Waals surface area contributed by atoms with E-state index in [4.69, 9.17) is 0 Å². The zero-order valence-electron chi connectivity index (χ0n) is 14.6. The van der Waals surface area contributed by atoms with E-state index in [2.05, 4.69) is 5.32 Å². The second-order valence-corrected chi connectivity index (χ2v) is 7.35. The van der Waals surface area contributed by atoms with Crippen molar-refractivity contribution in [2.45, 2.75) is 26.3 Å². The molecule has 1 atom stereocenters. The fourth-order valence-electron chi connectivity index (χ4n) is 2.54. The van der Waals surface area contributed by atoms with E-state index in [0.29, 0.717) is 11.3 Å². The van der Waals surface area contributed by atoms with Crippen LogP contribution in [0, 0.1) is 0 Å². The van der Waals surface area contributed by atoms with Crippen molar-refractivity contribution in [3.8, 4) is 0 Å². The Morgan fingerprint density at radius 1 is 1.24 bits per heavy atom. The predicted molar refractivity (Wildman–Crippen MR) is 91.9 cm³/mol. The molecule has 0 aromatic carbocycles. The van der Waals surface area contributed by atoms with Crippen LogP contribution in [0.3, 0.4) is 0 Å². The van der Waals surface area contributed by atoms with Crippen LogP contribution in [0.25, 0.3) is 0 Å². The zero-order valence-corrected chi connectivity index (χ0v) is 15.4. The third-order valence-corrected chi connectivity index (χ3v) is 4.57. The van der Waals surface area contributed by atoms with Crippen LogP contribution in [0.5, 0.6) is 0 Å². The van der Waals surface area contributed by atoms with Gasteiger partial charge >= 0.3 is 17.8 Å². The highest BCUT2D eigenvalue weighted by Crippen LogP contribution is 2.14. The van der Waals surface area contributed by atoms with Gasteiger partial charge in [0.15, 0.2) is 13.2 Å². The standard InChI is InChI=1S/C16H22N4O4S/c1-11(2)17-13(21)9-18(3)10-20-15(23)14(22)19(16(20)24)7-6-12-5-4-8-25-12/h4-5,8,11H,6-7,9-10H2,1-3H3,(H,17,21)/p+1. The first-order valence-electron chi connectivity index (χ1n) is 8.10. The lowest BCUT2D eigenvalue weighted by Gasteiger charge is -2.20. The van der Waals surface area contributed by atoms with Crippen molar-refractivity contribution in [2.24, 2.45) is 0 Å². The summed E-state index contributed by atoms with van der Waals surface area (Å²) in [4.78, 5) is 51.9. The highest BCUT2D eigenvalue weighted by atomic mass is 32.1. The highest BCUT2D eigenvalue weighted by Gasteiger charge is 2.45. The van der Waals surface area contributed by atoms with E-state index in [9.17, 15) is 19.2 Å². The molecule has 0 saturated carbocycles. The molecule has 25 heavy (non-hydrogen) atoms. The number of rotatable bonds is 8. The van der Waals surface area contributed by atoms with Crippen molar-refractivity contribution in [1.29, 1.82) is 0 Å². The zero-order chi connectivity index (χ0) is 18.6. The second kappa shape index (κ2) is 8.21. The summed E-state index contributed by atoms with van der Waals surface area (Å²) in [5, 5.41) is 4.67. The molecule has 2 rings (SSSR count). The Labute approximate surface area is 150 Å². The molecule has 0 bridgehead atoms. The Morgan fingerprint density at radius 3 is 2.52 bits per heavy atom. The molecule has 1 aromatic heterocycles. The fraction of sp³-hybridized carbons (Fsp3) is 0.500. The molecule has 1 aliphatic rings. The Balaban J connectivity index is 1.92. The van der Waals surface area contributed by atoms with Gasteiger partial charge in [-0.05, 0) is 25.3 Å². The lowest BCUT2D eigenvalue weighted by Crippen LogP contribution is -3.12. The van der Waals surface area contributed by atoms with Crippen LogP contribution in [-0.4, -0.2) is 66.4 Å². The molecule has 0 spiro atoms. The number of hydrogen-bond acceptors (Lipinski definition) is 5. The lowest BCUT2D eigenvalue weighted by atomic mass is 10.3. The van der Waals surface area contributed by atoms with E-state index in [-0.39, 0.29) is 31.7 Å². The minimum atomic E-state index is -0.834. The molecule has 0 aliphatic carbocycles. The van der Waals surface area contributed by atoms with Gasteiger partial charge in [0, 0.05) is 23.9 Å². The summed E-state index contributed by atoms with van der Waals surface area (Å²) in [6.45, 7) is 3.96. The van der Waals surface area contributed by atoms with Crippen LogP contribution >= 0.6 is 11.3 Å². The quantitative estimate of drug-likeness (QED) is 0.459. The van der Waals surface area contributed by atoms with Crippen LogP contribution in [-0.2, 0) is 20.8 Å². The minimum absolute atomic E-state index is 0.0182. The molecule has 9 heteroatoms. The Bertz CT molecular complexity index is 659. The average molecular weight is 367 g/mol. The van der Waals surface area contributed by atoms with Gasteiger partial charge in [-0.25, -0.2) is 9.69 Å². The minimum Gasteiger partial charge on any atom is -0.349 e. The largest absolute Gasteiger partial charge is 0.349 e. The topological polar surface area (TPSA) is 91.2 Å². The summed E-state index contributed by atoms with van der Waals surface area (Å²) in [6.07, 6.45) is 0.524. The van der Waals surface area contributed by atoms with E-state index in [1.165, 1.54) is 11.3 Å². The van der Waals surface area contributed by atoms with Gasteiger partial charge < -0.3 is 10.2 Å². The highest BCUT2D eigenvalue weighted by molar-refractivity contribution is 7.09. The number of imide groups is 2. The third-order valence-electron chi connectivity index (χ3n) is 3.64. The van der Waals surface area contributed by atoms with Crippen molar-refractivity contribution >= 4 is 35.1 Å². The number of carbonyl (C=O) groups excluding carboxylic acids is 4. The van der Waals surface area contributed by atoms with Gasteiger partial charge in [-0.1, -0.05) is 6.07 Å². The maximum absolute atomic E-state index is 12.4.